The highest BCUT2D eigenvalue weighted by Crippen LogP contribution is 2.18. The standard InChI is InChI=1S/C8H18ClN/c1-8(2,3)5-6-10(4)7-9/h5-7H2,1-4H3. The van der Waals surface area contributed by atoms with Gasteiger partial charge in [0.1, 0.15) is 0 Å². The summed E-state index contributed by atoms with van der Waals surface area (Å²) in [6.45, 7) is 7.83. The molecule has 0 saturated carbocycles. The van der Waals surface area contributed by atoms with Crippen LogP contribution in [0, 0.1) is 5.41 Å². The maximum Gasteiger partial charge on any atom is 0.0735 e. The van der Waals surface area contributed by atoms with Crippen LogP contribution in [0.2, 0.25) is 0 Å². The van der Waals surface area contributed by atoms with Gasteiger partial charge in [-0.3, -0.25) is 4.90 Å². The molecule has 0 amide bonds. The number of alkyl halides is 1. The van der Waals surface area contributed by atoms with Gasteiger partial charge in [-0.25, -0.2) is 0 Å². The lowest BCUT2D eigenvalue weighted by atomic mass is 9.92. The fourth-order valence-electron chi connectivity index (χ4n) is 0.586. The molecule has 0 rings (SSSR count). The summed E-state index contributed by atoms with van der Waals surface area (Å²) in [4.78, 5) is 2.12. The summed E-state index contributed by atoms with van der Waals surface area (Å²) in [6, 6.07) is 0.635. The van der Waals surface area contributed by atoms with Crippen molar-refractivity contribution in [2.75, 3.05) is 19.6 Å². The summed E-state index contributed by atoms with van der Waals surface area (Å²) >= 11 is 5.61. The van der Waals surface area contributed by atoms with Crippen LogP contribution in [0.3, 0.4) is 0 Å². The number of hydrogen-bond donors (Lipinski definition) is 0. The molecule has 1 nitrogen and oxygen atoms in total. The molecule has 0 radical (unpaired) electrons. The molecule has 62 valence electrons. The topological polar surface area (TPSA) is 3.24 Å². The molecule has 0 aliphatic heterocycles. The van der Waals surface area contributed by atoms with Crippen LogP contribution in [0.15, 0.2) is 0 Å². The van der Waals surface area contributed by atoms with Gasteiger partial charge in [0, 0.05) is 0 Å². The van der Waals surface area contributed by atoms with Crippen molar-refractivity contribution in [2.24, 2.45) is 5.41 Å². The van der Waals surface area contributed by atoms with Gasteiger partial charge < -0.3 is 0 Å². The lowest BCUT2D eigenvalue weighted by Crippen LogP contribution is -2.22. The van der Waals surface area contributed by atoms with Crippen molar-refractivity contribution in [3.8, 4) is 0 Å². The summed E-state index contributed by atoms with van der Waals surface area (Å²) in [6.07, 6.45) is 1.20. The van der Waals surface area contributed by atoms with E-state index in [9.17, 15) is 0 Å². The van der Waals surface area contributed by atoms with Crippen molar-refractivity contribution in [1.82, 2.24) is 4.90 Å². The van der Waals surface area contributed by atoms with Crippen molar-refractivity contribution in [3.05, 3.63) is 0 Å². The van der Waals surface area contributed by atoms with Crippen molar-refractivity contribution < 1.29 is 0 Å². The van der Waals surface area contributed by atoms with Gasteiger partial charge in [0.15, 0.2) is 0 Å². The van der Waals surface area contributed by atoms with Gasteiger partial charge >= 0.3 is 0 Å². The molecular formula is C8H18ClN. The molecule has 0 N–H and O–H groups in total. The van der Waals surface area contributed by atoms with E-state index in [4.69, 9.17) is 11.6 Å². The fourth-order valence-corrected chi connectivity index (χ4v) is 0.706. The molecule has 0 unspecified atom stereocenters. The highest BCUT2D eigenvalue weighted by molar-refractivity contribution is 6.17. The molecule has 0 aromatic rings. The van der Waals surface area contributed by atoms with Crippen molar-refractivity contribution in [2.45, 2.75) is 27.2 Å². The fraction of sp³-hybridized carbons (Fsp3) is 1.00. The van der Waals surface area contributed by atoms with Crippen LogP contribution in [0.5, 0.6) is 0 Å². The van der Waals surface area contributed by atoms with Gasteiger partial charge in [0.05, 0.1) is 6.00 Å². The second-order valence-electron chi connectivity index (χ2n) is 4.01. The molecule has 0 saturated heterocycles. The zero-order chi connectivity index (χ0) is 8.20. The quantitative estimate of drug-likeness (QED) is 0.457. The molecule has 0 bridgehead atoms. The summed E-state index contributed by atoms with van der Waals surface area (Å²) < 4.78 is 0. The first-order valence-electron chi connectivity index (χ1n) is 3.70. The Morgan fingerprint density at radius 2 is 1.80 bits per heavy atom. The van der Waals surface area contributed by atoms with Crippen LogP contribution in [0.4, 0.5) is 0 Å². The Hall–Kier alpha value is 0.250. The Labute approximate surface area is 69.4 Å². The van der Waals surface area contributed by atoms with Gasteiger partial charge in [-0.15, -0.1) is 11.6 Å². The van der Waals surface area contributed by atoms with Crippen LogP contribution in [-0.4, -0.2) is 24.5 Å². The highest BCUT2D eigenvalue weighted by atomic mass is 35.5. The first-order valence-corrected chi connectivity index (χ1v) is 4.24. The van der Waals surface area contributed by atoms with Crippen LogP contribution in [0.1, 0.15) is 27.2 Å². The zero-order valence-corrected chi connectivity index (χ0v) is 8.20. The monoisotopic (exact) mass is 163 g/mol. The smallest absolute Gasteiger partial charge is 0.0735 e. The summed E-state index contributed by atoms with van der Waals surface area (Å²) in [5, 5.41) is 0. The van der Waals surface area contributed by atoms with E-state index in [-0.39, 0.29) is 0 Å². The lowest BCUT2D eigenvalue weighted by molar-refractivity contribution is 0.289. The minimum absolute atomic E-state index is 0.431. The molecule has 0 aromatic heterocycles. The summed E-state index contributed by atoms with van der Waals surface area (Å²) in [7, 11) is 2.04. The molecule has 0 spiro atoms. The SMILES string of the molecule is CN(CCl)CCC(C)(C)C. The maximum atomic E-state index is 5.61. The van der Waals surface area contributed by atoms with E-state index >= 15 is 0 Å². The van der Waals surface area contributed by atoms with Gasteiger partial charge in [-0.05, 0) is 25.4 Å². The van der Waals surface area contributed by atoms with Crippen molar-refractivity contribution in [3.63, 3.8) is 0 Å². The average Bonchev–Trinajstić information content (AvgIpc) is 1.81. The summed E-state index contributed by atoms with van der Waals surface area (Å²) in [5.41, 5.74) is 0.431. The minimum atomic E-state index is 0.431. The van der Waals surface area contributed by atoms with Crippen LogP contribution in [-0.2, 0) is 0 Å². The highest BCUT2D eigenvalue weighted by Gasteiger charge is 2.10. The van der Waals surface area contributed by atoms with E-state index in [1.54, 1.807) is 0 Å². The molecule has 10 heavy (non-hydrogen) atoms. The third-order valence-corrected chi connectivity index (χ3v) is 1.86. The molecule has 2 heteroatoms. The number of nitrogens with zero attached hydrogens (tertiary/aromatic N) is 1. The average molecular weight is 164 g/mol. The Morgan fingerprint density at radius 3 is 2.10 bits per heavy atom. The van der Waals surface area contributed by atoms with Crippen molar-refractivity contribution in [1.29, 1.82) is 0 Å². The largest absolute Gasteiger partial charge is 0.293 e. The third kappa shape index (κ3) is 6.37. The van der Waals surface area contributed by atoms with Crippen LogP contribution < -0.4 is 0 Å². The Bertz CT molecular complexity index is 85.7. The van der Waals surface area contributed by atoms with Crippen molar-refractivity contribution >= 4 is 11.6 Å². The first-order chi connectivity index (χ1) is 4.45. The number of hydrogen-bond acceptors (Lipinski definition) is 1. The van der Waals surface area contributed by atoms with E-state index < -0.39 is 0 Å². The van der Waals surface area contributed by atoms with E-state index in [2.05, 4.69) is 25.7 Å². The van der Waals surface area contributed by atoms with E-state index in [1.807, 2.05) is 7.05 Å². The van der Waals surface area contributed by atoms with Gasteiger partial charge in [0.25, 0.3) is 0 Å². The molecule has 0 fully saturated rings. The maximum absolute atomic E-state index is 5.61. The number of rotatable bonds is 3. The third-order valence-electron chi connectivity index (χ3n) is 1.45. The molecule has 0 atom stereocenters. The second-order valence-corrected chi connectivity index (χ2v) is 4.25. The van der Waals surface area contributed by atoms with Crippen LogP contribution in [0.25, 0.3) is 0 Å². The Kier molecular flexibility index (Phi) is 4.30. The van der Waals surface area contributed by atoms with Gasteiger partial charge in [-0.2, -0.15) is 0 Å². The predicted molar refractivity (Wildman–Crippen MR) is 47.4 cm³/mol. The van der Waals surface area contributed by atoms with Crippen LogP contribution >= 0.6 is 11.6 Å². The lowest BCUT2D eigenvalue weighted by Gasteiger charge is -2.21. The molecule has 0 aromatic carbocycles. The van der Waals surface area contributed by atoms with Gasteiger partial charge in [0.2, 0.25) is 0 Å². The normalized spacial score (nSPS) is 12.6. The minimum Gasteiger partial charge on any atom is -0.293 e. The Balaban J connectivity index is 3.36. The summed E-state index contributed by atoms with van der Waals surface area (Å²) in [5.74, 6) is 0. The number of halogens is 1. The molecule has 0 heterocycles. The second kappa shape index (κ2) is 4.20. The first kappa shape index (κ1) is 10.2. The molecular weight excluding hydrogens is 146 g/mol. The molecule has 0 aliphatic rings. The predicted octanol–water partition coefficient (Wildman–Crippen LogP) is 2.55. The van der Waals surface area contributed by atoms with E-state index in [0.717, 1.165) is 6.54 Å². The Morgan fingerprint density at radius 1 is 1.30 bits per heavy atom. The molecule has 0 aliphatic carbocycles. The zero-order valence-electron chi connectivity index (χ0n) is 7.45. The van der Waals surface area contributed by atoms with E-state index in [0.29, 0.717) is 11.4 Å². The van der Waals surface area contributed by atoms with E-state index in [1.165, 1.54) is 6.42 Å². The van der Waals surface area contributed by atoms with Gasteiger partial charge in [-0.1, -0.05) is 20.8 Å².